The SMILES string of the molecule is Cn1c([C@H](OC(C)(C)C)C(=O)O)c(-c2ccc3c4c2ccn4CCO3)c2ccccc2c1=O. The number of aliphatic carboxylic acids is 1. The molecule has 7 heteroatoms. The third-order valence-electron chi connectivity index (χ3n) is 6.04. The lowest BCUT2D eigenvalue weighted by Crippen LogP contribution is -2.33. The lowest BCUT2D eigenvalue weighted by molar-refractivity contribution is -0.161. The topological polar surface area (TPSA) is 82.7 Å². The second-order valence-corrected chi connectivity index (χ2v) is 9.35. The molecule has 2 aromatic carbocycles. The number of rotatable bonds is 4. The quantitative estimate of drug-likeness (QED) is 0.499. The zero-order valence-electron chi connectivity index (χ0n) is 19.1. The molecule has 3 heterocycles. The predicted octanol–water partition coefficient (Wildman–Crippen LogP) is 4.49. The van der Waals surface area contributed by atoms with Crippen LogP contribution < -0.4 is 10.3 Å². The minimum Gasteiger partial charge on any atom is -0.490 e. The average Bonchev–Trinajstić information content (AvgIpc) is 3.21. The third kappa shape index (κ3) is 3.40. The van der Waals surface area contributed by atoms with Gasteiger partial charge in [-0.3, -0.25) is 4.79 Å². The van der Waals surface area contributed by atoms with E-state index >= 15 is 0 Å². The Balaban J connectivity index is 1.93. The van der Waals surface area contributed by atoms with Crippen LogP contribution in [0.3, 0.4) is 0 Å². The highest BCUT2D eigenvalue weighted by Gasteiger charge is 2.33. The fourth-order valence-electron chi connectivity index (χ4n) is 4.72. The molecule has 0 bridgehead atoms. The molecule has 5 rings (SSSR count). The lowest BCUT2D eigenvalue weighted by Gasteiger charge is -2.29. The Morgan fingerprint density at radius 1 is 1.09 bits per heavy atom. The molecule has 0 spiro atoms. The number of ether oxygens (including phenoxy) is 2. The summed E-state index contributed by atoms with van der Waals surface area (Å²) in [4.78, 5) is 25.8. The first-order valence-corrected chi connectivity index (χ1v) is 10.9. The molecular formula is C26H26N2O5. The van der Waals surface area contributed by atoms with E-state index in [9.17, 15) is 14.7 Å². The van der Waals surface area contributed by atoms with Crippen LogP contribution in [0.25, 0.3) is 32.8 Å². The van der Waals surface area contributed by atoms with Crippen LogP contribution in [0.5, 0.6) is 5.75 Å². The second-order valence-electron chi connectivity index (χ2n) is 9.35. The average molecular weight is 447 g/mol. The van der Waals surface area contributed by atoms with Gasteiger partial charge in [-0.05, 0) is 56.0 Å². The van der Waals surface area contributed by atoms with Crippen molar-refractivity contribution in [3.05, 3.63) is 64.7 Å². The van der Waals surface area contributed by atoms with Gasteiger partial charge in [-0.1, -0.05) is 18.2 Å². The van der Waals surface area contributed by atoms with Crippen molar-refractivity contribution in [2.24, 2.45) is 7.05 Å². The largest absolute Gasteiger partial charge is 0.490 e. The minimum absolute atomic E-state index is 0.261. The minimum atomic E-state index is -1.33. The summed E-state index contributed by atoms with van der Waals surface area (Å²) in [5.74, 6) is -0.354. The maximum absolute atomic E-state index is 13.3. The van der Waals surface area contributed by atoms with E-state index in [1.54, 1.807) is 33.9 Å². The standard InChI is InChI=1S/C26H26N2O5/c1-26(2,3)33-23(25(30)31)22-20(15-7-5-6-8-18(15)24(29)27(22)4)16-9-10-19-21-17(16)11-12-28(21)13-14-32-19/h5-12,23H,13-14H2,1-4H3,(H,30,31)/t23-/m0/s1. The van der Waals surface area contributed by atoms with Crippen molar-refractivity contribution < 1.29 is 19.4 Å². The highest BCUT2D eigenvalue weighted by molar-refractivity contribution is 6.07. The fourth-order valence-corrected chi connectivity index (χ4v) is 4.72. The molecule has 0 saturated heterocycles. The summed E-state index contributed by atoms with van der Waals surface area (Å²) in [6, 6.07) is 13.2. The molecule has 4 aromatic rings. The Bertz CT molecular complexity index is 1470. The maximum atomic E-state index is 13.3. The number of carboxylic acid groups (broad SMARTS) is 1. The maximum Gasteiger partial charge on any atom is 0.339 e. The van der Waals surface area contributed by atoms with Gasteiger partial charge in [-0.25, -0.2) is 4.79 Å². The smallest absolute Gasteiger partial charge is 0.339 e. The van der Waals surface area contributed by atoms with E-state index in [0.717, 1.165) is 28.8 Å². The number of nitrogens with zero attached hydrogens (tertiary/aromatic N) is 2. The molecule has 0 radical (unpaired) electrons. The molecule has 7 nitrogen and oxygen atoms in total. The molecule has 1 N–H and O–H groups in total. The van der Waals surface area contributed by atoms with Crippen molar-refractivity contribution in [1.29, 1.82) is 0 Å². The molecule has 1 atom stereocenters. The Morgan fingerprint density at radius 3 is 2.52 bits per heavy atom. The van der Waals surface area contributed by atoms with Crippen molar-refractivity contribution >= 4 is 27.6 Å². The van der Waals surface area contributed by atoms with Gasteiger partial charge in [0.15, 0.2) is 6.10 Å². The van der Waals surface area contributed by atoms with E-state index in [-0.39, 0.29) is 5.56 Å². The van der Waals surface area contributed by atoms with E-state index in [2.05, 4.69) is 4.57 Å². The predicted molar refractivity (Wildman–Crippen MR) is 127 cm³/mol. The van der Waals surface area contributed by atoms with Crippen LogP contribution in [0.2, 0.25) is 0 Å². The first-order valence-electron chi connectivity index (χ1n) is 10.9. The molecule has 0 aliphatic carbocycles. The van der Waals surface area contributed by atoms with Crippen LogP contribution in [0.4, 0.5) is 0 Å². The van der Waals surface area contributed by atoms with Gasteiger partial charge >= 0.3 is 5.97 Å². The fraction of sp³-hybridized carbons (Fsp3) is 0.308. The summed E-state index contributed by atoms with van der Waals surface area (Å²) >= 11 is 0. The number of carboxylic acids is 1. The number of fused-ring (bicyclic) bond motifs is 1. The Hall–Kier alpha value is -3.58. The number of hydrogen-bond acceptors (Lipinski definition) is 4. The van der Waals surface area contributed by atoms with Gasteiger partial charge in [-0.2, -0.15) is 0 Å². The zero-order valence-corrected chi connectivity index (χ0v) is 19.1. The van der Waals surface area contributed by atoms with Gasteiger partial charge in [0.25, 0.3) is 5.56 Å². The van der Waals surface area contributed by atoms with Crippen molar-refractivity contribution in [3.63, 3.8) is 0 Å². The number of hydrogen-bond donors (Lipinski definition) is 1. The third-order valence-corrected chi connectivity index (χ3v) is 6.04. The van der Waals surface area contributed by atoms with E-state index in [0.29, 0.717) is 28.6 Å². The van der Waals surface area contributed by atoms with Gasteiger partial charge < -0.3 is 23.7 Å². The van der Waals surface area contributed by atoms with Gasteiger partial charge in [0.2, 0.25) is 0 Å². The molecule has 0 unspecified atom stereocenters. The molecule has 170 valence electrons. The van der Waals surface area contributed by atoms with Gasteiger partial charge in [0.1, 0.15) is 12.4 Å². The van der Waals surface area contributed by atoms with Crippen LogP contribution in [-0.2, 0) is 23.1 Å². The normalized spacial score (nSPS) is 14.4. The Labute approximate surface area is 190 Å². The highest BCUT2D eigenvalue weighted by Crippen LogP contribution is 2.42. The van der Waals surface area contributed by atoms with Crippen LogP contribution in [0.1, 0.15) is 32.6 Å². The summed E-state index contributed by atoms with van der Waals surface area (Å²) in [5.41, 5.74) is 1.80. The van der Waals surface area contributed by atoms with Crippen molar-refractivity contribution in [2.45, 2.75) is 39.0 Å². The summed E-state index contributed by atoms with van der Waals surface area (Å²) in [7, 11) is 1.61. The zero-order chi connectivity index (χ0) is 23.5. The second kappa shape index (κ2) is 7.49. The van der Waals surface area contributed by atoms with Gasteiger partial charge in [-0.15, -0.1) is 0 Å². The molecule has 0 saturated carbocycles. The number of benzene rings is 2. The molecule has 2 aromatic heterocycles. The van der Waals surface area contributed by atoms with E-state index < -0.39 is 17.7 Å². The van der Waals surface area contributed by atoms with Crippen LogP contribution in [-0.4, -0.2) is 32.4 Å². The van der Waals surface area contributed by atoms with E-state index in [1.807, 2.05) is 42.6 Å². The molecule has 0 fully saturated rings. The molecule has 33 heavy (non-hydrogen) atoms. The summed E-state index contributed by atoms with van der Waals surface area (Å²) in [5, 5.41) is 12.4. The van der Waals surface area contributed by atoms with Crippen LogP contribution >= 0.6 is 0 Å². The van der Waals surface area contributed by atoms with E-state index in [1.165, 1.54) is 4.57 Å². The summed E-state index contributed by atoms with van der Waals surface area (Å²) in [6.07, 6.45) is 0.688. The first-order chi connectivity index (χ1) is 15.7. The van der Waals surface area contributed by atoms with Gasteiger partial charge in [0.05, 0.1) is 23.4 Å². The Morgan fingerprint density at radius 2 is 1.82 bits per heavy atom. The van der Waals surface area contributed by atoms with E-state index in [4.69, 9.17) is 9.47 Å². The van der Waals surface area contributed by atoms with Crippen LogP contribution in [0.15, 0.2) is 53.5 Å². The van der Waals surface area contributed by atoms with Crippen molar-refractivity contribution in [3.8, 4) is 16.9 Å². The monoisotopic (exact) mass is 446 g/mol. The van der Waals surface area contributed by atoms with Crippen molar-refractivity contribution in [2.75, 3.05) is 6.61 Å². The Kier molecular flexibility index (Phi) is 4.83. The summed E-state index contributed by atoms with van der Waals surface area (Å²) < 4.78 is 15.4. The van der Waals surface area contributed by atoms with Gasteiger partial charge in [0, 0.05) is 29.6 Å². The number of aromatic nitrogens is 2. The molecule has 1 aliphatic rings. The lowest BCUT2D eigenvalue weighted by atomic mass is 9.92. The molecular weight excluding hydrogens is 420 g/mol. The van der Waals surface area contributed by atoms with Crippen LogP contribution in [0, 0.1) is 0 Å². The first kappa shape index (κ1) is 21.3. The molecule has 1 aliphatic heterocycles. The number of pyridine rings is 1. The number of carbonyl (C=O) groups is 1. The highest BCUT2D eigenvalue weighted by atomic mass is 16.5. The summed E-state index contributed by atoms with van der Waals surface area (Å²) in [6.45, 7) is 6.75. The molecule has 0 amide bonds. The van der Waals surface area contributed by atoms with Crippen molar-refractivity contribution in [1.82, 2.24) is 9.13 Å².